The van der Waals surface area contributed by atoms with Crippen molar-refractivity contribution in [1.29, 1.82) is 0 Å². The monoisotopic (exact) mass is 448 g/mol. The lowest BCUT2D eigenvalue weighted by atomic mass is 10.2. The molecule has 0 saturated carbocycles. The molecule has 0 aliphatic rings. The van der Waals surface area contributed by atoms with Crippen LogP contribution in [0.5, 0.6) is 0 Å². The molecule has 3 rings (SSSR count). The van der Waals surface area contributed by atoms with Gasteiger partial charge >= 0.3 is 0 Å². The molecule has 1 amide bonds. The van der Waals surface area contributed by atoms with Crippen molar-refractivity contribution in [3.8, 4) is 0 Å². The molecule has 5 nitrogen and oxygen atoms in total. The predicted octanol–water partition coefficient (Wildman–Crippen LogP) is 4.82. The fourth-order valence-corrected chi connectivity index (χ4v) is 4.29. The van der Waals surface area contributed by atoms with Crippen molar-refractivity contribution in [2.45, 2.75) is 11.4 Å². The fraction of sp³-hybridized carbons (Fsp3) is 0.0952. The summed E-state index contributed by atoms with van der Waals surface area (Å²) in [5.74, 6) is -0.442. The highest BCUT2D eigenvalue weighted by atomic mass is 35.5. The standard InChI is InChI=1S/C21H18Cl2N2O3S/c22-17-8-6-16(7-9-17)14-25(15-21(26)24-19-4-2-1-3-5-19)29(27,28)20-12-10-18(23)11-13-20/h1-13H,14-15H2,(H,24,26). The van der Waals surface area contributed by atoms with Gasteiger partial charge in [0.05, 0.1) is 11.4 Å². The van der Waals surface area contributed by atoms with Gasteiger partial charge in [-0.25, -0.2) is 8.42 Å². The van der Waals surface area contributed by atoms with Crippen LogP contribution >= 0.6 is 23.2 Å². The van der Waals surface area contributed by atoms with Crippen LogP contribution < -0.4 is 5.32 Å². The molecule has 3 aromatic carbocycles. The zero-order chi connectivity index (χ0) is 20.9. The Morgan fingerprint density at radius 2 is 1.38 bits per heavy atom. The van der Waals surface area contributed by atoms with Gasteiger partial charge in [-0.2, -0.15) is 4.31 Å². The number of para-hydroxylation sites is 1. The van der Waals surface area contributed by atoms with Crippen LogP contribution in [0.4, 0.5) is 5.69 Å². The zero-order valence-electron chi connectivity index (χ0n) is 15.3. The van der Waals surface area contributed by atoms with Gasteiger partial charge in [0.25, 0.3) is 0 Å². The van der Waals surface area contributed by atoms with Gasteiger partial charge in [0.15, 0.2) is 0 Å². The van der Waals surface area contributed by atoms with Gasteiger partial charge in [-0.3, -0.25) is 4.79 Å². The van der Waals surface area contributed by atoms with E-state index in [9.17, 15) is 13.2 Å². The van der Waals surface area contributed by atoms with Gasteiger partial charge in [-0.05, 0) is 54.1 Å². The first-order chi connectivity index (χ1) is 13.8. The molecular weight excluding hydrogens is 431 g/mol. The van der Waals surface area contributed by atoms with Crippen LogP contribution in [0.15, 0.2) is 83.8 Å². The number of rotatable bonds is 7. The molecule has 3 aromatic rings. The van der Waals surface area contributed by atoms with Gasteiger partial charge in [-0.15, -0.1) is 0 Å². The van der Waals surface area contributed by atoms with Crippen molar-refractivity contribution in [3.63, 3.8) is 0 Å². The lowest BCUT2D eigenvalue weighted by Crippen LogP contribution is -2.37. The van der Waals surface area contributed by atoms with Crippen molar-refractivity contribution in [1.82, 2.24) is 4.31 Å². The Kier molecular flexibility index (Phi) is 6.92. The molecule has 0 radical (unpaired) electrons. The van der Waals surface area contributed by atoms with Crippen LogP contribution in [-0.4, -0.2) is 25.2 Å². The first-order valence-corrected chi connectivity index (χ1v) is 10.9. The number of carbonyl (C=O) groups excluding carboxylic acids is 1. The second-order valence-corrected chi connectivity index (χ2v) is 9.08. The van der Waals surface area contributed by atoms with Crippen LogP contribution in [-0.2, 0) is 21.4 Å². The Hall–Kier alpha value is -2.38. The van der Waals surface area contributed by atoms with Gasteiger partial charge in [-0.1, -0.05) is 53.5 Å². The van der Waals surface area contributed by atoms with E-state index >= 15 is 0 Å². The molecule has 0 bridgehead atoms. The maximum Gasteiger partial charge on any atom is 0.243 e. The summed E-state index contributed by atoms with van der Waals surface area (Å²) in [6.45, 7) is -0.327. The number of nitrogens with zero attached hydrogens (tertiary/aromatic N) is 1. The molecule has 0 aliphatic heterocycles. The van der Waals surface area contributed by atoms with Crippen LogP contribution in [0, 0.1) is 0 Å². The summed E-state index contributed by atoms with van der Waals surface area (Å²) in [6, 6.07) is 21.5. The van der Waals surface area contributed by atoms with E-state index in [1.54, 1.807) is 48.5 Å². The van der Waals surface area contributed by atoms with Crippen LogP contribution in [0.3, 0.4) is 0 Å². The molecule has 0 fully saturated rings. The van der Waals surface area contributed by atoms with E-state index in [2.05, 4.69) is 5.32 Å². The molecule has 0 unspecified atom stereocenters. The number of carbonyl (C=O) groups is 1. The van der Waals surface area contributed by atoms with E-state index in [-0.39, 0.29) is 18.0 Å². The number of nitrogens with one attached hydrogen (secondary N) is 1. The van der Waals surface area contributed by atoms with E-state index in [0.29, 0.717) is 21.3 Å². The highest BCUT2D eigenvalue weighted by Gasteiger charge is 2.27. The lowest BCUT2D eigenvalue weighted by Gasteiger charge is -2.22. The van der Waals surface area contributed by atoms with Crippen LogP contribution in [0.2, 0.25) is 10.0 Å². The Bertz CT molecular complexity index is 1070. The first-order valence-electron chi connectivity index (χ1n) is 8.70. The summed E-state index contributed by atoms with van der Waals surface area (Å²) in [6.07, 6.45) is 0. The highest BCUT2D eigenvalue weighted by Crippen LogP contribution is 2.21. The molecule has 0 aliphatic carbocycles. The maximum absolute atomic E-state index is 13.2. The van der Waals surface area contributed by atoms with Crippen molar-refractivity contribution in [2.24, 2.45) is 0 Å². The van der Waals surface area contributed by atoms with E-state index in [1.165, 1.54) is 24.3 Å². The molecule has 0 atom stereocenters. The second kappa shape index (κ2) is 9.41. The number of halogens is 2. The van der Waals surface area contributed by atoms with E-state index in [1.807, 2.05) is 6.07 Å². The Morgan fingerprint density at radius 3 is 1.97 bits per heavy atom. The summed E-state index contributed by atoms with van der Waals surface area (Å²) in [5, 5.41) is 3.68. The zero-order valence-corrected chi connectivity index (χ0v) is 17.6. The quantitative estimate of drug-likeness (QED) is 0.562. The molecule has 150 valence electrons. The minimum absolute atomic E-state index is 0.0182. The number of amides is 1. The Balaban J connectivity index is 1.87. The van der Waals surface area contributed by atoms with Crippen molar-refractivity contribution < 1.29 is 13.2 Å². The third-order valence-electron chi connectivity index (χ3n) is 4.10. The topological polar surface area (TPSA) is 66.5 Å². The second-order valence-electron chi connectivity index (χ2n) is 6.27. The lowest BCUT2D eigenvalue weighted by molar-refractivity contribution is -0.116. The third kappa shape index (κ3) is 5.81. The summed E-state index contributed by atoms with van der Waals surface area (Å²) in [4.78, 5) is 12.6. The smallest absolute Gasteiger partial charge is 0.243 e. The highest BCUT2D eigenvalue weighted by molar-refractivity contribution is 7.89. The first kappa shape index (κ1) is 21.3. The van der Waals surface area contributed by atoms with Crippen LogP contribution in [0.25, 0.3) is 0 Å². The maximum atomic E-state index is 13.2. The number of anilines is 1. The summed E-state index contributed by atoms with van der Waals surface area (Å²) in [7, 11) is -3.93. The fourth-order valence-electron chi connectivity index (χ4n) is 2.66. The van der Waals surface area contributed by atoms with Gasteiger partial charge in [0, 0.05) is 22.3 Å². The third-order valence-corrected chi connectivity index (χ3v) is 6.41. The molecule has 0 heterocycles. The number of hydrogen-bond acceptors (Lipinski definition) is 3. The predicted molar refractivity (Wildman–Crippen MR) is 116 cm³/mol. The average Bonchev–Trinajstić information content (AvgIpc) is 2.70. The van der Waals surface area contributed by atoms with Gasteiger partial charge in [0.2, 0.25) is 15.9 Å². The molecule has 1 N–H and O–H groups in total. The van der Waals surface area contributed by atoms with E-state index in [4.69, 9.17) is 23.2 Å². The van der Waals surface area contributed by atoms with Gasteiger partial charge in [0.1, 0.15) is 0 Å². The normalized spacial score (nSPS) is 11.4. The SMILES string of the molecule is O=C(CN(Cc1ccc(Cl)cc1)S(=O)(=O)c1ccc(Cl)cc1)Nc1ccccc1. The van der Waals surface area contributed by atoms with E-state index < -0.39 is 15.9 Å². The molecule has 0 saturated heterocycles. The van der Waals surface area contributed by atoms with E-state index in [0.717, 1.165) is 4.31 Å². The number of benzene rings is 3. The molecule has 29 heavy (non-hydrogen) atoms. The summed E-state index contributed by atoms with van der Waals surface area (Å²) >= 11 is 11.8. The minimum atomic E-state index is -3.93. The minimum Gasteiger partial charge on any atom is -0.325 e. The summed E-state index contributed by atoms with van der Waals surface area (Å²) < 4.78 is 27.5. The molecule has 0 spiro atoms. The van der Waals surface area contributed by atoms with Crippen molar-refractivity contribution >= 4 is 44.8 Å². The number of sulfonamides is 1. The van der Waals surface area contributed by atoms with Crippen LogP contribution in [0.1, 0.15) is 5.56 Å². The Labute approximate surface area is 179 Å². The molecule has 8 heteroatoms. The summed E-state index contributed by atoms with van der Waals surface area (Å²) in [5.41, 5.74) is 1.30. The van der Waals surface area contributed by atoms with Crippen molar-refractivity contribution in [3.05, 3.63) is 94.5 Å². The largest absolute Gasteiger partial charge is 0.325 e. The van der Waals surface area contributed by atoms with Gasteiger partial charge < -0.3 is 5.32 Å². The van der Waals surface area contributed by atoms with Crippen molar-refractivity contribution in [2.75, 3.05) is 11.9 Å². The molecule has 0 aromatic heterocycles. The average molecular weight is 449 g/mol. The number of hydrogen-bond donors (Lipinski definition) is 1. The molecular formula is C21H18Cl2N2O3S. The Morgan fingerprint density at radius 1 is 0.828 bits per heavy atom.